The number of aromatic amines is 1. The molecule has 0 saturated heterocycles. The zero-order chi connectivity index (χ0) is 14.1. The highest BCUT2D eigenvalue weighted by atomic mass is 16.5. The van der Waals surface area contributed by atoms with Crippen LogP contribution >= 0.6 is 0 Å². The van der Waals surface area contributed by atoms with Gasteiger partial charge < -0.3 is 15.2 Å². The van der Waals surface area contributed by atoms with Gasteiger partial charge in [0.2, 0.25) is 0 Å². The lowest BCUT2D eigenvalue weighted by Crippen LogP contribution is -2.74. The van der Waals surface area contributed by atoms with Crippen LogP contribution in [-0.4, -0.2) is 46.1 Å². The Labute approximate surface area is 112 Å². The molecule has 1 heterocycles. The van der Waals surface area contributed by atoms with Crippen molar-refractivity contribution in [2.24, 2.45) is 5.41 Å². The maximum atomic E-state index is 12.1. The number of aliphatic hydroxyl groups excluding tert-OH is 1. The maximum Gasteiger partial charge on any atom is 0.269 e. The van der Waals surface area contributed by atoms with Gasteiger partial charge in [0.15, 0.2) is 0 Å². The molecule has 0 spiro atoms. The van der Waals surface area contributed by atoms with Crippen molar-refractivity contribution in [2.45, 2.75) is 38.8 Å². The number of carbonyl (C=O) groups is 1. The zero-order valence-corrected chi connectivity index (χ0v) is 11.6. The van der Waals surface area contributed by atoms with Gasteiger partial charge in [0.1, 0.15) is 5.69 Å². The fourth-order valence-electron chi connectivity index (χ4n) is 2.67. The van der Waals surface area contributed by atoms with Crippen LogP contribution in [-0.2, 0) is 4.74 Å². The summed E-state index contributed by atoms with van der Waals surface area (Å²) in [6.07, 6.45) is 2.19. The van der Waals surface area contributed by atoms with Gasteiger partial charge in [-0.1, -0.05) is 13.8 Å². The van der Waals surface area contributed by atoms with Crippen molar-refractivity contribution in [1.29, 1.82) is 0 Å². The number of H-pyrrole nitrogens is 1. The molecule has 106 valence electrons. The van der Waals surface area contributed by atoms with Gasteiger partial charge in [-0.25, -0.2) is 0 Å². The van der Waals surface area contributed by atoms with Gasteiger partial charge >= 0.3 is 0 Å². The van der Waals surface area contributed by atoms with Crippen molar-refractivity contribution in [2.75, 3.05) is 13.2 Å². The average molecular weight is 267 g/mol. The molecule has 0 bridgehead atoms. The van der Waals surface area contributed by atoms with Crippen molar-refractivity contribution >= 4 is 5.91 Å². The largest absolute Gasteiger partial charge is 0.394 e. The summed E-state index contributed by atoms with van der Waals surface area (Å²) >= 11 is 0. The molecule has 19 heavy (non-hydrogen) atoms. The second-order valence-corrected chi connectivity index (χ2v) is 5.53. The van der Waals surface area contributed by atoms with Crippen LogP contribution in [0.5, 0.6) is 0 Å². The molecular weight excluding hydrogens is 246 g/mol. The highest BCUT2D eigenvalue weighted by Crippen LogP contribution is 2.51. The first kappa shape index (κ1) is 14.0. The topological polar surface area (TPSA) is 87.2 Å². The van der Waals surface area contributed by atoms with E-state index in [1.807, 2.05) is 20.8 Å². The van der Waals surface area contributed by atoms with E-state index in [9.17, 15) is 9.90 Å². The molecule has 3 N–H and O–H groups in total. The number of aromatic nitrogens is 2. The summed E-state index contributed by atoms with van der Waals surface area (Å²) in [5.41, 5.74) is -0.564. The van der Waals surface area contributed by atoms with Crippen molar-refractivity contribution < 1.29 is 14.6 Å². The molecule has 6 heteroatoms. The van der Waals surface area contributed by atoms with Gasteiger partial charge in [-0.05, 0) is 13.0 Å². The molecule has 6 nitrogen and oxygen atoms in total. The van der Waals surface area contributed by atoms with Crippen LogP contribution in [0, 0.1) is 5.41 Å². The lowest BCUT2D eigenvalue weighted by molar-refractivity contribution is -0.172. The number of carbonyl (C=O) groups excluding carboxylic acids is 1. The predicted molar refractivity (Wildman–Crippen MR) is 69.7 cm³/mol. The molecule has 2 rings (SSSR count). The third kappa shape index (κ3) is 2.15. The minimum Gasteiger partial charge on any atom is -0.394 e. The number of aliphatic hydroxyl groups is 1. The second-order valence-electron chi connectivity index (χ2n) is 5.53. The van der Waals surface area contributed by atoms with Crippen LogP contribution in [0.2, 0.25) is 0 Å². The van der Waals surface area contributed by atoms with Gasteiger partial charge in [-0.15, -0.1) is 0 Å². The fraction of sp³-hybridized carbons (Fsp3) is 0.692. The van der Waals surface area contributed by atoms with Crippen LogP contribution in [0.15, 0.2) is 12.3 Å². The second kappa shape index (κ2) is 4.94. The Hall–Kier alpha value is -1.40. The van der Waals surface area contributed by atoms with Gasteiger partial charge in [-0.3, -0.25) is 9.89 Å². The standard InChI is InChI=1S/C13H21N3O3/c1-4-19-10-7-13(8-17,12(10,2)3)15-11(18)9-5-6-14-16-9/h5-6,10,17H,4,7-8H2,1-3H3,(H,14,16)(H,15,18)/t10-,13-/m0/s1. The van der Waals surface area contributed by atoms with Gasteiger partial charge in [0, 0.05) is 24.6 Å². The van der Waals surface area contributed by atoms with Gasteiger partial charge in [-0.2, -0.15) is 5.10 Å². The zero-order valence-electron chi connectivity index (χ0n) is 11.6. The van der Waals surface area contributed by atoms with E-state index in [-0.39, 0.29) is 24.0 Å². The summed E-state index contributed by atoms with van der Waals surface area (Å²) in [5, 5.41) is 19.0. The summed E-state index contributed by atoms with van der Waals surface area (Å²) in [7, 11) is 0. The van der Waals surface area contributed by atoms with E-state index in [1.165, 1.54) is 6.20 Å². The Morgan fingerprint density at radius 2 is 2.42 bits per heavy atom. The van der Waals surface area contributed by atoms with Crippen LogP contribution in [0.25, 0.3) is 0 Å². The minimum atomic E-state index is -0.644. The monoisotopic (exact) mass is 267 g/mol. The fourth-order valence-corrected chi connectivity index (χ4v) is 2.67. The highest BCUT2D eigenvalue weighted by Gasteiger charge is 2.61. The summed E-state index contributed by atoms with van der Waals surface area (Å²) in [4.78, 5) is 12.1. The lowest BCUT2D eigenvalue weighted by Gasteiger charge is -2.60. The molecule has 1 aliphatic rings. The number of hydrogen-bond acceptors (Lipinski definition) is 4. The summed E-state index contributed by atoms with van der Waals surface area (Å²) < 4.78 is 5.64. The van der Waals surface area contributed by atoms with E-state index in [0.717, 1.165) is 0 Å². The smallest absolute Gasteiger partial charge is 0.269 e. The molecule has 0 aliphatic heterocycles. The third-order valence-electron chi connectivity index (χ3n) is 4.31. The summed E-state index contributed by atoms with van der Waals surface area (Å²) in [5.74, 6) is -0.255. The van der Waals surface area contributed by atoms with Crippen LogP contribution in [0.3, 0.4) is 0 Å². The van der Waals surface area contributed by atoms with Gasteiger partial charge in [0.05, 0.1) is 18.2 Å². The molecule has 1 aromatic rings. The first-order valence-corrected chi connectivity index (χ1v) is 6.51. The van der Waals surface area contributed by atoms with Crippen LogP contribution < -0.4 is 5.32 Å². The number of ether oxygens (including phenoxy) is 1. The van der Waals surface area contributed by atoms with E-state index < -0.39 is 5.54 Å². The molecule has 1 aliphatic carbocycles. The molecule has 0 aromatic carbocycles. The van der Waals surface area contributed by atoms with Crippen molar-refractivity contribution in [3.8, 4) is 0 Å². The molecular formula is C13H21N3O3. The molecule has 1 fully saturated rings. The lowest BCUT2D eigenvalue weighted by atomic mass is 9.54. The highest BCUT2D eigenvalue weighted by molar-refractivity contribution is 5.92. The normalized spacial score (nSPS) is 28.7. The molecule has 2 atom stereocenters. The van der Waals surface area contributed by atoms with E-state index in [1.54, 1.807) is 6.07 Å². The first-order valence-electron chi connectivity index (χ1n) is 6.51. The van der Waals surface area contributed by atoms with Crippen LogP contribution in [0.4, 0.5) is 0 Å². The molecule has 1 amide bonds. The molecule has 1 saturated carbocycles. The molecule has 0 unspecified atom stereocenters. The Balaban J connectivity index is 2.11. The molecule has 1 aromatic heterocycles. The third-order valence-corrected chi connectivity index (χ3v) is 4.31. The Morgan fingerprint density at radius 3 is 2.89 bits per heavy atom. The number of rotatable bonds is 5. The Bertz CT molecular complexity index is 444. The quantitative estimate of drug-likeness (QED) is 0.733. The van der Waals surface area contributed by atoms with E-state index >= 15 is 0 Å². The van der Waals surface area contributed by atoms with Crippen molar-refractivity contribution in [1.82, 2.24) is 15.5 Å². The average Bonchev–Trinajstić information content (AvgIpc) is 2.90. The van der Waals surface area contributed by atoms with Crippen LogP contribution in [0.1, 0.15) is 37.7 Å². The maximum absolute atomic E-state index is 12.1. The first-order chi connectivity index (χ1) is 8.97. The van der Waals surface area contributed by atoms with Crippen molar-refractivity contribution in [3.05, 3.63) is 18.0 Å². The van der Waals surface area contributed by atoms with Gasteiger partial charge in [0.25, 0.3) is 5.91 Å². The summed E-state index contributed by atoms with van der Waals surface area (Å²) in [6.45, 7) is 6.46. The predicted octanol–water partition coefficient (Wildman–Crippen LogP) is 0.706. The summed E-state index contributed by atoms with van der Waals surface area (Å²) in [6, 6.07) is 1.60. The number of nitrogens with one attached hydrogen (secondary N) is 2. The minimum absolute atomic E-state index is 0.0479. The molecule has 0 radical (unpaired) electrons. The number of hydrogen-bond donors (Lipinski definition) is 3. The SMILES string of the molecule is CCO[C@H]1C[C@@](CO)(NC(=O)c2ccn[nH]2)C1(C)C. The Morgan fingerprint density at radius 1 is 1.68 bits per heavy atom. The Kier molecular flexibility index (Phi) is 3.64. The number of amides is 1. The van der Waals surface area contributed by atoms with Crippen molar-refractivity contribution in [3.63, 3.8) is 0 Å². The van der Waals surface area contributed by atoms with E-state index in [4.69, 9.17) is 4.74 Å². The van der Waals surface area contributed by atoms with E-state index in [0.29, 0.717) is 18.7 Å². The number of nitrogens with zero attached hydrogens (tertiary/aromatic N) is 1. The van der Waals surface area contributed by atoms with E-state index in [2.05, 4.69) is 15.5 Å².